The number of carbonyl (C=O) groups excluding carboxylic acids is 1. The molecule has 0 unspecified atom stereocenters. The predicted octanol–water partition coefficient (Wildman–Crippen LogP) is 2.65. The summed E-state index contributed by atoms with van der Waals surface area (Å²) in [6.07, 6.45) is 2.90. The molecule has 1 aliphatic carbocycles. The van der Waals surface area contributed by atoms with Gasteiger partial charge in [0.2, 0.25) is 0 Å². The second-order valence-corrected chi connectivity index (χ2v) is 3.32. The van der Waals surface area contributed by atoms with Gasteiger partial charge in [-0.25, -0.2) is 0 Å². The van der Waals surface area contributed by atoms with Crippen molar-refractivity contribution in [2.75, 3.05) is 0 Å². The highest BCUT2D eigenvalue weighted by atomic mass is 16.3. The van der Waals surface area contributed by atoms with Crippen LogP contribution in [0, 0.1) is 0 Å². The molecule has 76 valence electrons. The number of hydrogen-bond donors (Lipinski definition) is 1. The van der Waals surface area contributed by atoms with E-state index in [1.54, 1.807) is 12.1 Å². The Kier molecular flexibility index (Phi) is 3.28. The molecule has 2 heteroatoms. The van der Waals surface area contributed by atoms with Gasteiger partial charge >= 0.3 is 0 Å². The Hall–Kier alpha value is -1.31. The van der Waals surface area contributed by atoms with Gasteiger partial charge in [0.15, 0.2) is 0 Å². The lowest BCUT2D eigenvalue weighted by Gasteiger charge is -2.05. The van der Waals surface area contributed by atoms with Crippen molar-refractivity contribution in [1.82, 2.24) is 0 Å². The van der Waals surface area contributed by atoms with Crippen LogP contribution in [0.25, 0.3) is 0 Å². The second-order valence-electron chi connectivity index (χ2n) is 3.32. The molecular formula is C12H16O2. The van der Waals surface area contributed by atoms with E-state index in [1.807, 2.05) is 26.0 Å². The van der Waals surface area contributed by atoms with Crippen LogP contribution in [-0.2, 0) is 10.2 Å². The molecule has 1 aliphatic rings. The van der Waals surface area contributed by atoms with Crippen LogP contribution in [0.1, 0.15) is 32.3 Å². The molecule has 1 fully saturated rings. The largest absolute Gasteiger partial charge is 0.508 e. The number of carbonyl (C=O) groups is 1. The molecule has 2 rings (SSSR count). The Labute approximate surface area is 84.6 Å². The molecule has 0 bridgehead atoms. The smallest absolute Gasteiger partial charge is 0.130 e. The lowest BCUT2D eigenvalue weighted by Crippen LogP contribution is -2.06. The maximum Gasteiger partial charge on any atom is 0.130 e. The van der Waals surface area contributed by atoms with Crippen molar-refractivity contribution >= 4 is 6.29 Å². The van der Waals surface area contributed by atoms with Gasteiger partial charge in [0.05, 0.1) is 5.41 Å². The van der Waals surface area contributed by atoms with E-state index in [-0.39, 0.29) is 11.2 Å². The van der Waals surface area contributed by atoms with Gasteiger partial charge in [-0.05, 0) is 30.5 Å². The molecule has 0 heterocycles. The van der Waals surface area contributed by atoms with Crippen LogP contribution in [0.15, 0.2) is 24.3 Å². The predicted molar refractivity (Wildman–Crippen MR) is 56.4 cm³/mol. The first-order chi connectivity index (χ1) is 6.77. The van der Waals surface area contributed by atoms with E-state index in [9.17, 15) is 4.79 Å². The minimum atomic E-state index is -0.215. The minimum absolute atomic E-state index is 0.215. The summed E-state index contributed by atoms with van der Waals surface area (Å²) in [4.78, 5) is 10.7. The first-order valence-corrected chi connectivity index (χ1v) is 5.03. The Morgan fingerprint density at radius 2 is 1.71 bits per heavy atom. The van der Waals surface area contributed by atoms with Crippen molar-refractivity contribution in [3.63, 3.8) is 0 Å². The van der Waals surface area contributed by atoms with Gasteiger partial charge in [-0.15, -0.1) is 0 Å². The van der Waals surface area contributed by atoms with Gasteiger partial charge in [-0.3, -0.25) is 0 Å². The molecule has 0 saturated heterocycles. The average Bonchev–Trinajstić information content (AvgIpc) is 3.03. The maximum absolute atomic E-state index is 10.7. The summed E-state index contributed by atoms with van der Waals surface area (Å²) in [6.45, 7) is 4.00. The van der Waals surface area contributed by atoms with Gasteiger partial charge in [-0.2, -0.15) is 0 Å². The van der Waals surface area contributed by atoms with E-state index >= 15 is 0 Å². The molecule has 1 aromatic carbocycles. The number of aldehydes is 1. The number of benzene rings is 1. The maximum atomic E-state index is 10.7. The van der Waals surface area contributed by atoms with E-state index < -0.39 is 0 Å². The van der Waals surface area contributed by atoms with E-state index in [0.29, 0.717) is 0 Å². The van der Waals surface area contributed by atoms with E-state index in [0.717, 1.165) is 24.7 Å². The highest BCUT2D eigenvalue weighted by Gasteiger charge is 2.43. The van der Waals surface area contributed by atoms with Crippen LogP contribution >= 0.6 is 0 Å². The lowest BCUT2D eigenvalue weighted by molar-refractivity contribution is -0.109. The van der Waals surface area contributed by atoms with Gasteiger partial charge in [-0.1, -0.05) is 26.0 Å². The second kappa shape index (κ2) is 4.27. The molecule has 1 saturated carbocycles. The summed E-state index contributed by atoms with van der Waals surface area (Å²) in [6, 6.07) is 6.88. The zero-order chi connectivity index (χ0) is 10.6. The zero-order valence-corrected chi connectivity index (χ0v) is 8.66. The third-order valence-corrected chi connectivity index (χ3v) is 2.46. The standard InChI is InChI=1S/C10H10O2.C2H6/c11-7-10(5-6-10)8-1-3-9(12)4-2-8;1-2/h1-4,7,12H,5-6H2;1-2H3. The minimum Gasteiger partial charge on any atom is -0.508 e. The summed E-state index contributed by atoms with van der Waals surface area (Å²) >= 11 is 0. The third kappa shape index (κ3) is 1.95. The van der Waals surface area contributed by atoms with Crippen molar-refractivity contribution in [3.05, 3.63) is 29.8 Å². The van der Waals surface area contributed by atoms with Crippen molar-refractivity contribution in [2.45, 2.75) is 32.1 Å². The van der Waals surface area contributed by atoms with Crippen molar-refractivity contribution in [1.29, 1.82) is 0 Å². The third-order valence-electron chi connectivity index (χ3n) is 2.46. The lowest BCUT2D eigenvalue weighted by atomic mass is 9.98. The number of hydrogen-bond acceptors (Lipinski definition) is 2. The highest BCUT2D eigenvalue weighted by molar-refractivity contribution is 5.73. The fourth-order valence-corrected chi connectivity index (χ4v) is 1.40. The van der Waals surface area contributed by atoms with Crippen LogP contribution < -0.4 is 0 Å². The highest BCUT2D eigenvalue weighted by Crippen LogP contribution is 2.46. The molecular weight excluding hydrogens is 176 g/mol. The Morgan fingerprint density at radius 1 is 1.21 bits per heavy atom. The topological polar surface area (TPSA) is 37.3 Å². The summed E-state index contributed by atoms with van der Waals surface area (Å²) in [7, 11) is 0. The summed E-state index contributed by atoms with van der Waals surface area (Å²) < 4.78 is 0. The van der Waals surface area contributed by atoms with Gasteiger partial charge in [0.25, 0.3) is 0 Å². The molecule has 0 radical (unpaired) electrons. The molecule has 1 N–H and O–H groups in total. The van der Waals surface area contributed by atoms with Crippen LogP contribution in [0.3, 0.4) is 0 Å². The molecule has 14 heavy (non-hydrogen) atoms. The Morgan fingerprint density at radius 3 is 2.07 bits per heavy atom. The van der Waals surface area contributed by atoms with E-state index in [2.05, 4.69) is 0 Å². The normalized spacial score (nSPS) is 16.4. The molecule has 0 atom stereocenters. The first-order valence-electron chi connectivity index (χ1n) is 5.03. The average molecular weight is 192 g/mol. The number of aromatic hydroxyl groups is 1. The van der Waals surface area contributed by atoms with Gasteiger partial charge < -0.3 is 9.90 Å². The van der Waals surface area contributed by atoms with Crippen LogP contribution in [0.2, 0.25) is 0 Å². The van der Waals surface area contributed by atoms with Gasteiger partial charge in [0, 0.05) is 0 Å². The van der Waals surface area contributed by atoms with Gasteiger partial charge in [0.1, 0.15) is 12.0 Å². The monoisotopic (exact) mass is 192 g/mol. The van der Waals surface area contributed by atoms with E-state index in [1.165, 1.54) is 0 Å². The number of rotatable bonds is 2. The molecule has 0 amide bonds. The zero-order valence-electron chi connectivity index (χ0n) is 8.66. The van der Waals surface area contributed by atoms with Crippen LogP contribution in [0.5, 0.6) is 5.75 Å². The summed E-state index contributed by atoms with van der Waals surface area (Å²) in [5.41, 5.74) is 0.809. The Bertz CT molecular complexity index is 297. The number of phenols is 1. The molecule has 0 aromatic heterocycles. The summed E-state index contributed by atoms with van der Waals surface area (Å²) in [5, 5.41) is 9.03. The van der Waals surface area contributed by atoms with E-state index in [4.69, 9.17) is 5.11 Å². The van der Waals surface area contributed by atoms with Crippen LogP contribution in [-0.4, -0.2) is 11.4 Å². The molecule has 0 spiro atoms. The fraction of sp³-hybridized carbons (Fsp3) is 0.417. The first kappa shape index (κ1) is 10.8. The fourth-order valence-electron chi connectivity index (χ4n) is 1.40. The summed E-state index contributed by atoms with van der Waals surface area (Å²) in [5.74, 6) is 0.250. The number of phenolic OH excluding ortho intramolecular Hbond substituents is 1. The van der Waals surface area contributed by atoms with Crippen LogP contribution in [0.4, 0.5) is 0 Å². The molecule has 1 aromatic rings. The van der Waals surface area contributed by atoms with Crippen molar-refractivity contribution in [3.8, 4) is 5.75 Å². The molecule has 0 aliphatic heterocycles. The van der Waals surface area contributed by atoms with Crippen molar-refractivity contribution in [2.24, 2.45) is 0 Å². The molecule has 2 nitrogen and oxygen atoms in total. The Balaban J connectivity index is 0.000000461. The SMILES string of the molecule is CC.O=CC1(c2ccc(O)cc2)CC1. The quantitative estimate of drug-likeness (QED) is 0.731. The van der Waals surface area contributed by atoms with Crippen molar-refractivity contribution < 1.29 is 9.90 Å².